The van der Waals surface area contributed by atoms with E-state index < -0.39 is 0 Å². The highest BCUT2D eigenvalue weighted by Gasteiger charge is 2.17. The third-order valence-corrected chi connectivity index (χ3v) is 4.44. The Morgan fingerprint density at radius 3 is 2.69 bits per heavy atom. The number of benzene rings is 1. The van der Waals surface area contributed by atoms with Crippen molar-refractivity contribution in [1.82, 2.24) is 14.8 Å². The molecule has 0 radical (unpaired) electrons. The molecule has 7 heteroatoms. The van der Waals surface area contributed by atoms with E-state index in [0.29, 0.717) is 41.7 Å². The van der Waals surface area contributed by atoms with Crippen molar-refractivity contribution in [2.75, 3.05) is 18.5 Å². The van der Waals surface area contributed by atoms with Crippen molar-refractivity contribution < 1.29 is 14.3 Å². The maximum Gasteiger partial charge on any atom is 0.257 e. The highest BCUT2D eigenvalue weighted by molar-refractivity contribution is 6.06. The van der Waals surface area contributed by atoms with Gasteiger partial charge in [-0.1, -0.05) is 0 Å². The number of amides is 1. The van der Waals surface area contributed by atoms with Crippen molar-refractivity contribution in [3.05, 3.63) is 41.2 Å². The maximum atomic E-state index is 12.8. The number of aromatic nitrogens is 3. The molecule has 1 aromatic carbocycles. The van der Waals surface area contributed by atoms with E-state index in [1.54, 1.807) is 10.7 Å². The molecular formula is C19H20N4O3. The van der Waals surface area contributed by atoms with Crippen LogP contribution in [0, 0.1) is 13.8 Å². The lowest BCUT2D eigenvalue weighted by molar-refractivity contribution is 0.102. The lowest BCUT2D eigenvalue weighted by Gasteiger charge is -2.11. The van der Waals surface area contributed by atoms with E-state index >= 15 is 0 Å². The first-order valence-electron chi connectivity index (χ1n) is 8.55. The summed E-state index contributed by atoms with van der Waals surface area (Å²) in [6.45, 7) is 4.97. The molecule has 3 aromatic rings. The molecule has 134 valence electrons. The molecule has 0 saturated heterocycles. The number of aryl methyl sites for hydroxylation is 3. The number of pyridine rings is 1. The van der Waals surface area contributed by atoms with Crippen LogP contribution in [0.1, 0.15) is 28.2 Å². The topological polar surface area (TPSA) is 78.3 Å². The van der Waals surface area contributed by atoms with Gasteiger partial charge < -0.3 is 14.8 Å². The summed E-state index contributed by atoms with van der Waals surface area (Å²) < 4.78 is 13.0. The van der Waals surface area contributed by atoms with Crippen molar-refractivity contribution in [1.29, 1.82) is 0 Å². The van der Waals surface area contributed by atoms with E-state index in [9.17, 15) is 4.79 Å². The number of ether oxygens (including phenoxy) is 2. The van der Waals surface area contributed by atoms with Crippen LogP contribution < -0.4 is 14.8 Å². The number of hydrogen-bond acceptors (Lipinski definition) is 5. The Morgan fingerprint density at radius 1 is 1.12 bits per heavy atom. The zero-order chi connectivity index (χ0) is 18.3. The Hall–Kier alpha value is -3.09. The van der Waals surface area contributed by atoms with Gasteiger partial charge in [-0.05, 0) is 32.0 Å². The van der Waals surface area contributed by atoms with Gasteiger partial charge in [-0.15, -0.1) is 0 Å². The Labute approximate surface area is 150 Å². The fraction of sp³-hybridized carbons (Fsp3) is 0.316. The first-order chi connectivity index (χ1) is 12.5. The number of carbonyl (C=O) groups excluding carboxylic acids is 1. The zero-order valence-corrected chi connectivity index (χ0v) is 15.0. The largest absolute Gasteiger partial charge is 0.490 e. The van der Waals surface area contributed by atoms with Crippen molar-refractivity contribution in [2.45, 2.75) is 20.3 Å². The standard InChI is InChI=1S/C19H20N4O3/c1-11-15(10-14-12(2)22-23(3)18(14)20-11)19(24)21-13-5-6-16-17(9-13)26-8-4-7-25-16/h5-6,9-10H,4,7-8H2,1-3H3,(H,21,24). The highest BCUT2D eigenvalue weighted by Crippen LogP contribution is 2.32. The van der Waals surface area contributed by atoms with E-state index in [4.69, 9.17) is 9.47 Å². The number of rotatable bonds is 2. The summed E-state index contributed by atoms with van der Waals surface area (Å²) in [6.07, 6.45) is 0.839. The molecule has 0 saturated carbocycles. The average Bonchev–Trinajstić information content (AvgIpc) is 2.78. The second-order valence-corrected chi connectivity index (χ2v) is 6.37. The molecule has 4 rings (SSSR count). The quantitative estimate of drug-likeness (QED) is 0.767. The summed E-state index contributed by atoms with van der Waals surface area (Å²) >= 11 is 0. The number of fused-ring (bicyclic) bond motifs is 2. The second-order valence-electron chi connectivity index (χ2n) is 6.37. The molecule has 26 heavy (non-hydrogen) atoms. The van der Waals surface area contributed by atoms with Crippen LogP contribution in [0.4, 0.5) is 5.69 Å². The number of hydrogen-bond donors (Lipinski definition) is 1. The molecule has 1 amide bonds. The molecule has 1 N–H and O–H groups in total. The average molecular weight is 352 g/mol. The molecule has 7 nitrogen and oxygen atoms in total. The molecule has 1 aliphatic heterocycles. The molecule has 0 unspecified atom stereocenters. The van der Waals surface area contributed by atoms with Gasteiger partial charge in [0.1, 0.15) is 0 Å². The lowest BCUT2D eigenvalue weighted by Crippen LogP contribution is -2.14. The summed E-state index contributed by atoms with van der Waals surface area (Å²) in [4.78, 5) is 17.3. The van der Waals surface area contributed by atoms with E-state index in [1.165, 1.54) is 0 Å². The van der Waals surface area contributed by atoms with Gasteiger partial charge in [0.05, 0.1) is 30.2 Å². The second kappa shape index (κ2) is 6.33. The van der Waals surface area contributed by atoms with Gasteiger partial charge in [0, 0.05) is 30.6 Å². The number of anilines is 1. The Bertz CT molecular complexity index is 1010. The third-order valence-electron chi connectivity index (χ3n) is 4.44. The Morgan fingerprint density at radius 2 is 1.88 bits per heavy atom. The van der Waals surface area contributed by atoms with Crippen molar-refractivity contribution in [3.8, 4) is 11.5 Å². The van der Waals surface area contributed by atoms with Crippen LogP contribution in [0.25, 0.3) is 11.0 Å². The van der Waals surface area contributed by atoms with Crippen LogP contribution in [0.3, 0.4) is 0 Å². The smallest absolute Gasteiger partial charge is 0.257 e. The lowest BCUT2D eigenvalue weighted by atomic mass is 10.1. The fourth-order valence-electron chi connectivity index (χ4n) is 3.10. The van der Waals surface area contributed by atoms with E-state index in [1.807, 2.05) is 39.1 Å². The van der Waals surface area contributed by atoms with Gasteiger partial charge in [-0.25, -0.2) is 4.98 Å². The molecule has 0 atom stereocenters. The summed E-state index contributed by atoms with van der Waals surface area (Å²) in [5, 5.41) is 8.16. The van der Waals surface area contributed by atoms with Crippen LogP contribution in [0.15, 0.2) is 24.3 Å². The molecule has 3 heterocycles. The molecule has 0 fully saturated rings. The van der Waals surface area contributed by atoms with Crippen molar-refractivity contribution in [2.24, 2.45) is 7.05 Å². The van der Waals surface area contributed by atoms with Crippen LogP contribution in [0.2, 0.25) is 0 Å². The first-order valence-corrected chi connectivity index (χ1v) is 8.55. The van der Waals surface area contributed by atoms with Gasteiger partial charge in [0.25, 0.3) is 5.91 Å². The summed E-state index contributed by atoms with van der Waals surface area (Å²) in [6, 6.07) is 7.26. The van der Waals surface area contributed by atoms with E-state index in [-0.39, 0.29) is 5.91 Å². The normalized spacial score (nSPS) is 13.5. The van der Waals surface area contributed by atoms with Gasteiger partial charge in [-0.3, -0.25) is 9.48 Å². The number of nitrogens with zero attached hydrogens (tertiary/aromatic N) is 3. The van der Waals surface area contributed by atoms with Gasteiger partial charge in [-0.2, -0.15) is 5.10 Å². The molecule has 0 bridgehead atoms. The van der Waals surface area contributed by atoms with E-state index in [0.717, 1.165) is 23.1 Å². The summed E-state index contributed by atoms with van der Waals surface area (Å²) in [7, 11) is 1.85. The number of carbonyl (C=O) groups is 1. The van der Waals surface area contributed by atoms with Crippen molar-refractivity contribution >= 4 is 22.6 Å². The minimum atomic E-state index is -0.213. The molecule has 2 aromatic heterocycles. The molecule has 0 spiro atoms. The van der Waals surface area contributed by atoms with Crippen LogP contribution in [-0.2, 0) is 7.05 Å². The van der Waals surface area contributed by atoms with Gasteiger partial charge >= 0.3 is 0 Å². The van der Waals surface area contributed by atoms with Crippen LogP contribution >= 0.6 is 0 Å². The van der Waals surface area contributed by atoms with Gasteiger partial charge in [0.15, 0.2) is 17.1 Å². The predicted octanol–water partition coefficient (Wildman–Crippen LogP) is 3.00. The predicted molar refractivity (Wildman–Crippen MR) is 98.0 cm³/mol. The zero-order valence-electron chi connectivity index (χ0n) is 15.0. The Kier molecular flexibility index (Phi) is 3.99. The molecule has 1 aliphatic rings. The Balaban J connectivity index is 1.64. The minimum absolute atomic E-state index is 0.213. The molecule has 0 aliphatic carbocycles. The van der Waals surface area contributed by atoms with Crippen LogP contribution in [-0.4, -0.2) is 33.9 Å². The van der Waals surface area contributed by atoms with E-state index in [2.05, 4.69) is 15.4 Å². The first kappa shape index (κ1) is 16.4. The molecular weight excluding hydrogens is 332 g/mol. The SMILES string of the molecule is Cc1nc2c(cc1C(=O)Nc1ccc3c(c1)OCCCO3)c(C)nn2C. The summed E-state index contributed by atoms with van der Waals surface area (Å²) in [5.41, 5.74) is 3.46. The highest BCUT2D eigenvalue weighted by atomic mass is 16.5. The monoisotopic (exact) mass is 352 g/mol. The summed E-state index contributed by atoms with van der Waals surface area (Å²) in [5.74, 6) is 1.13. The fourth-order valence-corrected chi connectivity index (χ4v) is 3.10. The maximum absolute atomic E-state index is 12.8. The number of nitrogens with one attached hydrogen (secondary N) is 1. The van der Waals surface area contributed by atoms with Gasteiger partial charge in [0.2, 0.25) is 0 Å². The van der Waals surface area contributed by atoms with Crippen molar-refractivity contribution in [3.63, 3.8) is 0 Å². The minimum Gasteiger partial charge on any atom is -0.490 e. The third kappa shape index (κ3) is 2.85. The van der Waals surface area contributed by atoms with Crippen LogP contribution in [0.5, 0.6) is 11.5 Å².